The van der Waals surface area contributed by atoms with E-state index >= 15 is 0 Å². The summed E-state index contributed by atoms with van der Waals surface area (Å²) in [6.45, 7) is 1.42. The average molecular weight is 328 g/mol. The Bertz CT molecular complexity index is 671. The number of rotatable bonds is 6. The van der Waals surface area contributed by atoms with Crippen LogP contribution in [0.15, 0.2) is 42.7 Å². The van der Waals surface area contributed by atoms with Crippen molar-refractivity contribution in [3.8, 4) is 5.69 Å². The van der Waals surface area contributed by atoms with Gasteiger partial charge in [-0.15, -0.1) is 0 Å². The van der Waals surface area contributed by atoms with Crippen molar-refractivity contribution in [1.29, 1.82) is 0 Å². The SMILES string of the molecule is CO[C@H]1C[C@@H](C(=O)NCCc2cnn(-c3ccccc3)c2)N(C)C1. The summed E-state index contributed by atoms with van der Waals surface area (Å²) in [5, 5.41) is 7.40. The Hall–Kier alpha value is -2.18. The topological polar surface area (TPSA) is 59.4 Å². The Morgan fingerprint density at radius 3 is 2.88 bits per heavy atom. The van der Waals surface area contributed by atoms with Crippen LogP contribution >= 0.6 is 0 Å². The van der Waals surface area contributed by atoms with Crippen molar-refractivity contribution in [3.05, 3.63) is 48.3 Å². The highest BCUT2D eigenvalue weighted by molar-refractivity contribution is 5.82. The lowest BCUT2D eigenvalue weighted by molar-refractivity contribution is -0.125. The average Bonchev–Trinajstić information content (AvgIpc) is 3.22. The summed E-state index contributed by atoms with van der Waals surface area (Å²) in [5.41, 5.74) is 2.14. The smallest absolute Gasteiger partial charge is 0.237 e. The van der Waals surface area contributed by atoms with Crippen LogP contribution in [0, 0.1) is 0 Å². The Morgan fingerprint density at radius 2 is 2.17 bits per heavy atom. The zero-order valence-electron chi connectivity index (χ0n) is 14.2. The van der Waals surface area contributed by atoms with Gasteiger partial charge in [0.2, 0.25) is 5.91 Å². The van der Waals surface area contributed by atoms with Crippen LogP contribution in [0.4, 0.5) is 0 Å². The Balaban J connectivity index is 1.48. The number of hydrogen-bond donors (Lipinski definition) is 1. The molecule has 0 unspecified atom stereocenters. The van der Waals surface area contributed by atoms with E-state index in [-0.39, 0.29) is 18.1 Å². The normalized spacial score (nSPS) is 21.1. The Morgan fingerprint density at radius 1 is 1.38 bits per heavy atom. The van der Waals surface area contributed by atoms with Crippen LogP contribution in [0.2, 0.25) is 0 Å². The summed E-state index contributed by atoms with van der Waals surface area (Å²) in [7, 11) is 3.66. The molecule has 128 valence electrons. The molecule has 1 saturated heterocycles. The van der Waals surface area contributed by atoms with Gasteiger partial charge in [-0.2, -0.15) is 5.10 Å². The number of likely N-dealkylation sites (N-methyl/N-ethyl adjacent to an activating group) is 1. The second-order valence-corrected chi connectivity index (χ2v) is 6.22. The second-order valence-electron chi connectivity index (χ2n) is 6.22. The molecule has 0 bridgehead atoms. The quantitative estimate of drug-likeness (QED) is 0.867. The van der Waals surface area contributed by atoms with Crippen LogP contribution in [-0.2, 0) is 16.0 Å². The van der Waals surface area contributed by atoms with Gasteiger partial charge in [0.15, 0.2) is 0 Å². The van der Waals surface area contributed by atoms with E-state index in [4.69, 9.17) is 4.74 Å². The fourth-order valence-corrected chi connectivity index (χ4v) is 3.09. The molecule has 3 rings (SSSR count). The fourth-order valence-electron chi connectivity index (χ4n) is 3.09. The van der Waals surface area contributed by atoms with Crippen LogP contribution < -0.4 is 5.32 Å². The van der Waals surface area contributed by atoms with E-state index in [2.05, 4.69) is 15.3 Å². The first kappa shape index (κ1) is 16.7. The minimum atomic E-state index is -0.0954. The van der Waals surface area contributed by atoms with Gasteiger partial charge in [-0.05, 0) is 37.6 Å². The molecule has 0 aliphatic carbocycles. The first-order valence-corrected chi connectivity index (χ1v) is 8.27. The zero-order chi connectivity index (χ0) is 16.9. The van der Waals surface area contributed by atoms with E-state index in [1.165, 1.54) is 0 Å². The predicted octanol–water partition coefficient (Wildman–Crippen LogP) is 1.25. The molecule has 2 atom stereocenters. The highest BCUT2D eigenvalue weighted by Crippen LogP contribution is 2.18. The molecule has 2 heterocycles. The van der Waals surface area contributed by atoms with Crippen LogP contribution in [0.5, 0.6) is 0 Å². The van der Waals surface area contributed by atoms with Crippen molar-refractivity contribution in [2.45, 2.75) is 25.0 Å². The molecule has 1 fully saturated rings. The number of hydrogen-bond acceptors (Lipinski definition) is 4. The molecule has 0 radical (unpaired) electrons. The van der Waals surface area contributed by atoms with Crippen molar-refractivity contribution in [1.82, 2.24) is 20.0 Å². The van der Waals surface area contributed by atoms with Gasteiger partial charge in [-0.1, -0.05) is 18.2 Å². The lowest BCUT2D eigenvalue weighted by Gasteiger charge is -2.17. The number of benzene rings is 1. The molecule has 2 aromatic rings. The molecule has 1 aromatic carbocycles. The summed E-state index contributed by atoms with van der Waals surface area (Å²) < 4.78 is 7.20. The minimum absolute atomic E-state index is 0.0764. The number of ether oxygens (including phenoxy) is 1. The molecule has 1 amide bonds. The predicted molar refractivity (Wildman–Crippen MR) is 92.1 cm³/mol. The molecule has 1 aliphatic heterocycles. The minimum Gasteiger partial charge on any atom is -0.380 e. The third kappa shape index (κ3) is 3.83. The van der Waals surface area contributed by atoms with E-state index in [0.29, 0.717) is 6.54 Å². The highest BCUT2D eigenvalue weighted by Gasteiger charge is 2.34. The molecular formula is C18H24N4O2. The van der Waals surface area contributed by atoms with Crippen LogP contribution in [0.25, 0.3) is 5.69 Å². The summed E-state index contributed by atoms with van der Waals surface area (Å²) >= 11 is 0. The maximum Gasteiger partial charge on any atom is 0.237 e. The highest BCUT2D eigenvalue weighted by atomic mass is 16.5. The van der Waals surface area contributed by atoms with Crippen LogP contribution in [-0.4, -0.2) is 60.0 Å². The zero-order valence-corrected chi connectivity index (χ0v) is 14.2. The first-order valence-electron chi connectivity index (χ1n) is 8.27. The van der Waals surface area contributed by atoms with E-state index < -0.39 is 0 Å². The third-order valence-electron chi connectivity index (χ3n) is 4.52. The summed E-state index contributed by atoms with van der Waals surface area (Å²) in [5.74, 6) is 0.0764. The Kier molecular flexibility index (Phi) is 5.27. The number of nitrogens with one attached hydrogen (secondary N) is 1. The Labute approximate surface area is 142 Å². The van der Waals surface area contributed by atoms with Crippen LogP contribution in [0.3, 0.4) is 0 Å². The number of methoxy groups -OCH3 is 1. The van der Waals surface area contributed by atoms with Gasteiger partial charge in [0.1, 0.15) is 0 Å². The molecule has 1 N–H and O–H groups in total. The molecule has 1 aliphatic rings. The fraction of sp³-hybridized carbons (Fsp3) is 0.444. The van der Waals surface area contributed by atoms with Gasteiger partial charge in [-0.3, -0.25) is 9.69 Å². The van der Waals surface area contributed by atoms with Crippen molar-refractivity contribution >= 4 is 5.91 Å². The van der Waals surface area contributed by atoms with E-state index in [1.54, 1.807) is 7.11 Å². The summed E-state index contributed by atoms with van der Waals surface area (Å²) in [6, 6.07) is 9.89. The molecule has 6 nitrogen and oxygen atoms in total. The van der Waals surface area contributed by atoms with E-state index in [0.717, 1.165) is 30.6 Å². The number of likely N-dealkylation sites (tertiary alicyclic amines) is 1. The summed E-state index contributed by atoms with van der Waals surface area (Å²) in [4.78, 5) is 14.4. The second kappa shape index (κ2) is 7.59. The maximum atomic E-state index is 12.3. The monoisotopic (exact) mass is 328 g/mol. The number of carbonyl (C=O) groups is 1. The number of amides is 1. The molecule has 1 aromatic heterocycles. The van der Waals surface area contributed by atoms with E-state index in [9.17, 15) is 4.79 Å². The third-order valence-corrected chi connectivity index (χ3v) is 4.52. The number of carbonyl (C=O) groups excluding carboxylic acids is 1. The van der Waals surface area contributed by atoms with Gasteiger partial charge in [0.05, 0.1) is 24.0 Å². The van der Waals surface area contributed by atoms with Gasteiger partial charge in [0, 0.05) is 26.4 Å². The molecule has 0 saturated carbocycles. The van der Waals surface area contributed by atoms with Crippen molar-refractivity contribution < 1.29 is 9.53 Å². The standard InChI is InChI=1S/C18H24N4O2/c1-21-13-16(24-2)10-17(21)18(23)19-9-8-14-11-20-22(12-14)15-6-4-3-5-7-15/h3-7,11-12,16-17H,8-10,13H2,1-2H3,(H,19,23)/t16-,17-/m0/s1. The largest absolute Gasteiger partial charge is 0.380 e. The molecular weight excluding hydrogens is 304 g/mol. The first-order chi connectivity index (χ1) is 11.7. The molecule has 6 heteroatoms. The number of aromatic nitrogens is 2. The lowest BCUT2D eigenvalue weighted by atomic mass is 10.2. The lowest BCUT2D eigenvalue weighted by Crippen LogP contribution is -2.42. The number of nitrogens with zero attached hydrogens (tertiary/aromatic N) is 3. The molecule has 0 spiro atoms. The van der Waals surface area contributed by atoms with Gasteiger partial charge in [0.25, 0.3) is 0 Å². The van der Waals surface area contributed by atoms with Gasteiger partial charge < -0.3 is 10.1 Å². The maximum absolute atomic E-state index is 12.3. The van der Waals surface area contributed by atoms with Crippen molar-refractivity contribution in [2.75, 3.05) is 27.2 Å². The summed E-state index contributed by atoms with van der Waals surface area (Å²) in [6.07, 6.45) is 5.52. The van der Waals surface area contributed by atoms with Gasteiger partial charge >= 0.3 is 0 Å². The van der Waals surface area contributed by atoms with Crippen LogP contribution in [0.1, 0.15) is 12.0 Å². The van der Waals surface area contributed by atoms with Crippen molar-refractivity contribution in [3.63, 3.8) is 0 Å². The van der Waals surface area contributed by atoms with Gasteiger partial charge in [-0.25, -0.2) is 4.68 Å². The van der Waals surface area contributed by atoms with E-state index in [1.807, 2.05) is 54.5 Å². The number of para-hydroxylation sites is 1. The van der Waals surface area contributed by atoms with Crippen molar-refractivity contribution in [2.24, 2.45) is 0 Å². The molecule has 24 heavy (non-hydrogen) atoms.